The van der Waals surface area contributed by atoms with Crippen LogP contribution in [0.15, 0.2) is 17.5 Å². The molecule has 3 nitrogen and oxygen atoms in total. The van der Waals surface area contributed by atoms with E-state index in [9.17, 15) is 4.79 Å². The van der Waals surface area contributed by atoms with E-state index in [1.807, 2.05) is 17.5 Å². The minimum atomic E-state index is -0.115. The first kappa shape index (κ1) is 9.68. The molecule has 1 atom stereocenters. The van der Waals surface area contributed by atoms with Crippen molar-refractivity contribution in [1.29, 1.82) is 0 Å². The fourth-order valence-electron chi connectivity index (χ4n) is 1.52. The molecule has 1 saturated heterocycles. The Balaban J connectivity index is 1.77. The van der Waals surface area contributed by atoms with E-state index in [2.05, 4.69) is 5.32 Å². The largest absolute Gasteiger partial charge is 0.459 e. The SMILES string of the molecule is O=C(OCc1cccs1)[C@@H]1CCCN1. The molecule has 1 aliphatic rings. The topological polar surface area (TPSA) is 38.3 Å². The molecule has 76 valence electrons. The van der Waals surface area contributed by atoms with Crippen molar-refractivity contribution in [2.45, 2.75) is 25.5 Å². The van der Waals surface area contributed by atoms with Crippen LogP contribution in [0.1, 0.15) is 17.7 Å². The van der Waals surface area contributed by atoms with Gasteiger partial charge in [-0.1, -0.05) is 6.07 Å². The van der Waals surface area contributed by atoms with Crippen LogP contribution in [0.3, 0.4) is 0 Å². The van der Waals surface area contributed by atoms with Gasteiger partial charge in [0, 0.05) is 4.88 Å². The van der Waals surface area contributed by atoms with Gasteiger partial charge in [0.05, 0.1) is 0 Å². The number of ether oxygens (including phenoxy) is 1. The molecule has 0 radical (unpaired) electrons. The van der Waals surface area contributed by atoms with Crippen LogP contribution in [-0.4, -0.2) is 18.6 Å². The molecular formula is C10H13NO2S. The highest BCUT2D eigenvalue weighted by Crippen LogP contribution is 2.12. The van der Waals surface area contributed by atoms with Gasteiger partial charge in [-0.25, -0.2) is 0 Å². The summed E-state index contributed by atoms with van der Waals surface area (Å²) in [7, 11) is 0. The molecule has 1 fully saturated rings. The molecule has 0 spiro atoms. The van der Waals surface area contributed by atoms with E-state index >= 15 is 0 Å². The Kier molecular flexibility index (Phi) is 3.16. The Morgan fingerprint density at radius 2 is 2.64 bits per heavy atom. The molecule has 0 unspecified atom stereocenters. The van der Waals surface area contributed by atoms with Gasteiger partial charge in [-0.3, -0.25) is 4.79 Å². The fraction of sp³-hybridized carbons (Fsp3) is 0.500. The lowest BCUT2D eigenvalue weighted by atomic mass is 10.2. The van der Waals surface area contributed by atoms with Crippen molar-refractivity contribution in [3.8, 4) is 0 Å². The maximum absolute atomic E-state index is 11.5. The summed E-state index contributed by atoms with van der Waals surface area (Å²) >= 11 is 1.61. The van der Waals surface area contributed by atoms with Crippen molar-refractivity contribution in [1.82, 2.24) is 5.32 Å². The van der Waals surface area contributed by atoms with Crippen LogP contribution < -0.4 is 5.32 Å². The number of nitrogens with one attached hydrogen (secondary N) is 1. The molecular weight excluding hydrogens is 198 g/mol. The van der Waals surface area contributed by atoms with Crippen molar-refractivity contribution >= 4 is 17.3 Å². The van der Waals surface area contributed by atoms with Gasteiger partial charge in [-0.05, 0) is 30.8 Å². The Morgan fingerprint density at radius 1 is 1.71 bits per heavy atom. The Hall–Kier alpha value is -0.870. The van der Waals surface area contributed by atoms with Crippen molar-refractivity contribution in [3.05, 3.63) is 22.4 Å². The van der Waals surface area contributed by atoms with Gasteiger partial charge in [-0.15, -0.1) is 11.3 Å². The van der Waals surface area contributed by atoms with Gasteiger partial charge in [-0.2, -0.15) is 0 Å². The third kappa shape index (κ3) is 2.33. The van der Waals surface area contributed by atoms with E-state index in [1.54, 1.807) is 11.3 Å². The zero-order valence-corrected chi connectivity index (χ0v) is 8.68. The van der Waals surface area contributed by atoms with E-state index in [0.29, 0.717) is 6.61 Å². The molecule has 0 bridgehead atoms. The summed E-state index contributed by atoms with van der Waals surface area (Å²) in [4.78, 5) is 12.6. The lowest BCUT2D eigenvalue weighted by molar-refractivity contribution is -0.146. The van der Waals surface area contributed by atoms with Crippen LogP contribution in [0.2, 0.25) is 0 Å². The molecule has 0 amide bonds. The summed E-state index contributed by atoms with van der Waals surface area (Å²) in [5, 5.41) is 5.10. The first-order valence-electron chi connectivity index (χ1n) is 4.78. The number of hydrogen-bond acceptors (Lipinski definition) is 4. The van der Waals surface area contributed by atoms with Gasteiger partial charge in [0.25, 0.3) is 0 Å². The lowest BCUT2D eigenvalue weighted by Gasteiger charge is -2.08. The summed E-state index contributed by atoms with van der Waals surface area (Å²) in [5.41, 5.74) is 0. The average molecular weight is 211 g/mol. The Bertz CT molecular complexity index is 291. The van der Waals surface area contributed by atoms with Crippen LogP contribution in [-0.2, 0) is 16.1 Å². The molecule has 0 aromatic carbocycles. The molecule has 2 rings (SSSR count). The smallest absolute Gasteiger partial charge is 0.323 e. The molecule has 1 aromatic rings. The van der Waals surface area contributed by atoms with Gasteiger partial charge >= 0.3 is 5.97 Å². The molecule has 2 heterocycles. The fourth-order valence-corrected chi connectivity index (χ4v) is 2.14. The summed E-state index contributed by atoms with van der Waals surface area (Å²) < 4.78 is 5.18. The highest BCUT2D eigenvalue weighted by Gasteiger charge is 2.23. The second-order valence-corrected chi connectivity index (χ2v) is 4.37. The third-order valence-corrected chi connectivity index (χ3v) is 3.13. The summed E-state index contributed by atoms with van der Waals surface area (Å²) in [6.07, 6.45) is 1.97. The molecule has 1 N–H and O–H groups in total. The van der Waals surface area contributed by atoms with Gasteiger partial charge < -0.3 is 10.1 Å². The van der Waals surface area contributed by atoms with E-state index in [-0.39, 0.29) is 12.0 Å². The maximum atomic E-state index is 11.5. The van der Waals surface area contributed by atoms with Crippen molar-refractivity contribution in [3.63, 3.8) is 0 Å². The van der Waals surface area contributed by atoms with Gasteiger partial charge in [0.2, 0.25) is 0 Å². The Morgan fingerprint density at radius 3 is 3.29 bits per heavy atom. The van der Waals surface area contributed by atoms with E-state index in [1.165, 1.54) is 0 Å². The molecule has 14 heavy (non-hydrogen) atoms. The van der Waals surface area contributed by atoms with E-state index in [4.69, 9.17) is 4.74 Å². The molecule has 0 saturated carbocycles. The van der Waals surface area contributed by atoms with Crippen LogP contribution in [0.5, 0.6) is 0 Å². The number of hydrogen-bond donors (Lipinski definition) is 1. The first-order chi connectivity index (χ1) is 6.86. The zero-order chi connectivity index (χ0) is 9.80. The van der Waals surface area contributed by atoms with Crippen LogP contribution in [0.25, 0.3) is 0 Å². The first-order valence-corrected chi connectivity index (χ1v) is 5.66. The quantitative estimate of drug-likeness (QED) is 0.771. The van der Waals surface area contributed by atoms with Crippen molar-refractivity contribution in [2.24, 2.45) is 0 Å². The normalized spacial score (nSPS) is 21.0. The number of thiophene rings is 1. The minimum absolute atomic E-state index is 0.0741. The molecule has 0 aliphatic carbocycles. The van der Waals surface area contributed by atoms with Gasteiger partial charge in [0.15, 0.2) is 0 Å². The van der Waals surface area contributed by atoms with E-state index in [0.717, 1.165) is 24.3 Å². The summed E-state index contributed by atoms with van der Waals surface area (Å²) in [5.74, 6) is -0.115. The minimum Gasteiger partial charge on any atom is -0.459 e. The van der Waals surface area contributed by atoms with Crippen LogP contribution in [0, 0.1) is 0 Å². The standard InChI is InChI=1S/C10H13NO2S/c12-10(9-4-1-5-11-9)13-7-8-3-2-6-14-8/h2-3,6,9,11H,1,4-5,7H2/t9-/m0/s1. The van der Waals surface area contributed by atoms with Crippen LogP contribution >= 0.6 is 11.3 Å². The predicted octanol–water partition coefficient (Wildman–Crippen LogP) is 1.54. The maximum Gasteiger partial charge on any atom is 0.323 e. The second-order valence-electron chi connectivity index (χ2n) is 3.34. The van der Waals surface area contributed by atoms with Crippen LogP contribution in [0.4, 0.5) is 0 Å². The van der Waals surface area contributed by atoms with Crippen molar-refractivity contribution < 1.29 is 9.53 Å². The molecule has 1 aliphatic heterocycles. The lowest BCUT2D eigenvalue weighted by Crippen LogP contribution is -2.32. The number of rotatable bonds is 3. The predicted molar refractivity (Wildman–Crippen MR) is 55.1 cm³/mol. The van der Waals surface area contributed by atoms with E-state index < -0.39 is 0 Å². The van der Waals surface area contributed by atoms with Crippen molar-refractivity contribution in [2.75, 3.05) is 6.54 Å². The molecule has 4 heteroatoms. The number of carbonyl (C=O) groups is 1. The zero-order valence-electron chi connectivity index (χ0n) is 7.86. The average Bonchev–Trinajstić information content (AvgIpc) is 2.87. The third-order valence-electron chi connectivity index (χ3n) is 2.28. The monoisotopic (exact) mass is 211 g/mol. The number of esters is 1. The van der Waals surface area contributed by atoms with Gasteiger partial charge in [0.1, 0.15) is 12.6 Å². The summed E-state index contributed by atoms with van der Waals surface area (Å²) in [6, 6.07) is 3.86. The highest BCUT2D eigenvalue weighted by atomic mass is 32.1. The molecule has 1 aromatic heterocycles. The summed E-state index contributed by atoms with van der Waals surface area (Å²) in [6.45, 7) is 1.34. The highest BCUT2D eigenvalue weighted by molar-refractivity contribution is 7.09. The number of carbonyl (C=O) groups excluding carboxylic acids is 1. The Labute approximate surface area is 87.1 Å². The second kappa shape index (κ2) is 4.57.